The molecule has 1 amide bonds. The van der Waals surface area contributed by atoms with Crippen LogP contribution in [0.3, 0.4) is 0 Å². The first-order chi connectivity index (χ1) is 16.9. The zero-order valence-corrected chi connectivity index (χ0v) is 23.4. The highest BCUT2D eigenvalue weighted by molar-refractivity contribution is 8.76. The second kappa shape index (κ2) is 24.8. The normalized spacial score (nSPS) is 12.9. The van der Waals surface area contributed by atoms with E-state index in [2.05, 4.69) is 12.2 Å². The summed E-state index contributed by atoms with van der Waals surface area (Å²) in [5.41, 5.74) is 5.41. The van der Waals surface area contributed by atoms with E-state index in [9.17, 15) is 19.5 Å². The van der Waals surface area contributed by atoms with Gasteiger partial charge in [-0.3, -0.25) is 9.59 Å². The third-order valence-electron chi connectivity index (χ3n) is 6.02. The smallest absolute Gasteiger partial charge is 0.327 e. The van der Waals surface area contributed by atoms with Gasteiger partial charge in [-0.25, -0.2) is 4.79 Å². The van der Waals surface area contributed by atoms with Gasteiger partial charge in [-0.2, -0.15) is 0 Å². The van der Waals surface area contributed by atoms with Crippen LogP contribution in [0.5, 0.6) is 0 Å². The third kappa shape index (κ3) is 23.2. The number of nitrogens with one attached hydrogen (secondary N) is 1. The maximum absolute atomic E-state index is 12.1. The van der Waals surface area contributed by atoms with E-state index in [0.29, 0.717) is 6.42 Å². The van der Waals surface area contributed by atoms with E-state index >= 15 is 0 Å². The molecule has 0 aromatic heterocycles. The number of rotatable bonds is 26. The van der Waals surface area contributed by atoms with E-state index in [-0.39, 0.29) is 17.4 Å². The Hall–Kier alpha value is -0.930. The fourth-order valence-corrected chi connectivity index (χ4v) is 6.03. The monoisotopic (exact) mass is 534 g/mol. The SMILES string of the molecule is CCCCCCCCCCCCCCCCCCCC(=O)NC(CSSCC(N)C(=O)O)C(=O)O. The first-order valence-corrected chi connectivity index (χ1v) is 16.1. The molecule has 7 nitrogen and oxygen atoms in total. The lowest BCUT2D eigenvalue weighted by molar-refractivity contribution is -0.141. The molecule has 0 bridgehead atoms. The molecule has 2 unspecified atom stereocenters. The van der Waals surface area contributed by atoms with Crippen LogP contribution in [0, 0.1) is 0 Å². The molecule has 0 heterocycles. The van der Waals surface area contributed by atoms with Crippen molar-refractivity contribution in [2.75, 3.05) is 11.5 Å². The van der Waals surface area contributed by atoms with Gasteiger partial charge in [-0.05, 0) is 6.42 Å². The highest BCUT2D eigenvalue weighted by Gasteiger charge is 2.20. The van der Waals surface area contributed by atoms with Crippen molar-refractivity contribution in [1.82, 2.24) is 5.32 Å². The number of carbonyl (C=O) groups is 3. The number of carbonyl (C=O) groups excluding carboxylic acids is 1. The van der Waals surface area contributed by atoms with Gasteiger partial charge in [0.25, 0.3) is 0 Å². The highest BCUT2D eigenvalue weighted by atomic mass is 33.1. The van der Waals surface area contributed by atoms with Crippen molar-refractivity contribution in [3.63, 3.8) is 0 Å². The lowest BCUT2D eigenvalue weighted by atomic mass is 10.0. The van der Waals surface area contributed by atoms with Gasteiger partial charge in [-0.1, -0.05) is 131 Å². The number of aliphatic carboxylic acids is 2. The fraction of sp³-hybridized carbons (Fsp3) is 0.885. The number of amides is 1. The molecule has 0 aromatic rings. The largest absolute Gasteiger partial charge is 0.480 e. The summed E-state index contributed by atoms with van der Waals surface area (Å²) in [7, 11) is 2.41. The van der Waals surface area contributed by atoms with Gasteiger partial charge >= 0.3 is 11.9 Å². The predicted molar refractivity (Wildman–Crippen MR) is 149 cm³/mol. The number of unbranched alkanes of at least 4 members (excludes halogenated alkanes) is 16. The minimum atomic E-state index is -1.09. The molecule has 0 saturated heterocycles. The molecule has 0 aliphatic heterocycles. The Balaban J connectivity index is 3.54. The number of carboxylic acids is 2. The van der Waals surface area contributed by atoms with Gasteiger partial charge in [0.05, 0.1) is 0 Å². The summed E-state index contributed by atoms with van der Waals surface area (Å²) in [6.45, 7) is 2.26. The number of hydrogen-bond acceptors (Lipinski definition) is 6. The van der Waals surface area contributed by atoms with Gasteiger partial charge in [-0.15, -0.1) is 0 Å². The molecule has 0 aromatic carbocycles. The van der Waals surface area contributed by atoms with Gasteiger partial charge in [0.2, 0.25) is 5.91 Å². The van der Waals surface area contributed by atoms with Gasteiger partial charge in [0, 0.05) is 17.9 Å². The molecular weight excluding hydrogens is 484 g/mol. The van der Waals surface area contributed by atoms with Crippen molar-refractivity contribution in [3.05, 3.63) is 0 Å². The summed E-state index contributed by atoms with van der Waals surface area (Å²) in [4.78, 5) is 34.1. The molecule has 35 heavy (non-hydrogen) atoms. The minimum absolute atomic E-state index is 0.164. The van der Waals surface area contributed by atoms with Crippen LogP contribution in [-0.4, -0.2) is 51.6 Å². The highest BCUT2D eigenvalue weighted by Crippen LogP contribution is 2.23. The second-order valence-corrected chi connectivity index (χ2v) is 11.9. The average Bonchev–Trinajstić information content (AvgIpc) is 2.82. The maximum Gasteiger partial charge on any atom is 0.327 e. The van der Waals surface area contributed by atoms with Crippen molar-refractivity contribution >= 4 is 39.4 Å². The Kier molecular flexibility index (Phi) is 24.1. The van der Waals surface area contributed by atoms with Gasteiger partial charge in [0.1, 0.15) is 12.1 Å². The number of hydrogen-bond donors (Lipinski definition) is 4. The Morgan fingerprint density at radius 2 is 1.06 bits per heavy atom. The van der Waals surface area contributed by atoms with E-state index in [4.69, 9.17) is 10.8 Å². The summed E-state index contributed by atoms with van der Waals surface area (Å²) in [6.07, 6.45) is 22.1. The topological polar surface area (TPSA) is 130 Å². The van der Waals surface area contributed by atoms with Crippen molar-refractivity contribution in [1.29, 1.82) is 0 Å². The Morgan fingerprint density at radius 3 is 1.46 bits per heavy atom. The molecule has 0 rings (SSSR count). The van der Waals surface area contributed by atoms with Gasteiger partial charge < -0.3 is 21.3 Å². The zero-order chi connectivity index (χ0) is 26.2. The molecular formula is C26H50N2O5S2. The van der Waals surface area contributed by atoms with E-state index in [1.54, 1.807) is 0 Å². The number of carboxylic acid groups (broad SMARTS) is 2. The van der Waals surface area contributed by atoms with Crippen LogP contribution in [0.25, 0.3) is 0 Å². The first-order valence-electron chi connectivity index (χ1n) is 13.6. The second-order valence-electron chi connectivity index (χ2n) is 9.38. The Labute approximate surface area is 220 Å². The van der Waals surface area contributed by atoms with E-state index in [1.807, 2.05) is 0 Å². The van der Waals surface area contributed by atoms with E-state index in [1.165, 1.54) is 111 Å². The van der Waals surface area contributed by atoms with Crippen LogP contribution in [-0.2, 0) is 14.4 Å². The van der Waals surface area contributed by atoms with Crippen molar-refractivity contribution in [3.8, 4) is 0 Å². The van der Waals surface area contributed by atoms with E-state index in [0.717, 1.165) is 19.3 Å². The lowest BCUT2D eigenvalue weighted by Gasteiger charge is -2.14. The zero-order valence-electron chi connectivity index (χ0n) is 21.8. The summed E-state index contributed by atoms with van der Waals surface area (Å²) in [5, 5.41) is 20.6. The predicted octanol–water partition coefficient (Wildman–Crippen LogP) is 6.39. The molecule has 0 spiro atoms. The summed E-state index contributed by atoms with van der Waals surface area (Å²) >= 11 is 0. The maximum atomic E-state index is 12.1. The number of nitrogens with two attached hydrogens (primary N) is 1. The first kappa shape index (κ1) is 34.1. The molecule has 0 aliphatic rings. The molecule has 9 heteroatoms. The quantitative estimate of drug-likeness (QED) is 0.0742. The summed E-state index contributed by atoms with van der Waals surface area (Å²) in [5.74, 6) is -2.07. The lowest BCUT2D eigenvalue weighted by Crippen LogP contribution is -2.42. The molecule has 0 fully saturated rings. The van der Waals surface area contributed by atoms with Crippen LogP contribution >= 0.6 is 21.6 Å². The van der Waals surface area contributed by atoms with Crippen LogP contribution in [0.2, 0.25) is 0 Å². The van der Waals surface area contributed by atoms with Crippen molar-refractivity contribution in [2.45, 2.75) is 135 Å². The Bertz CT molecular complexity index is 552. The third-order valence-corrected chi connectivity index (χ3v) is 8.47. The molecule has 0 aliphatic carbocycles. The molecule has 5 N–H and O–H groups in total. The van der Waals surface area contributed by atoms with Crippen molar-refractivity contribution < 1.29 is 24.6 Å². The fourth-order valence-electron chi connectivity index (χ4n) is 3.76. The molecule has 0 saturated carbocycles. The molecule has 206 valence electrons. The van der Waals surface area contributed by atoms with Crippen LogP contribution in [0.1, 0.15) is 122 Å². The van der Waals surface area contributed by atoms with Crippen LogP contribution in [0.15, 0.2) is 0 Å². The average molecular weight is 535 g/mol. The van der Waals surface area contributed by atoms with Crippen molar-refractivity contribution in [2.24, 2.45) is 5.73 Å². The standard InChI is InChI=1S/C26H50N2O5S2/c1-2-3-4-5-6-7-8-9-10-11-12-13-14-15-16-17-18-19-24(29)28-23(26(32)33)21-35-34-20-22(27)25(30)31/h22-23H,2-21,27H2,1H3,(H,28,29)(H,30,31)(H,32,33). The minimum Gasteiger partial charge on any atom is -0.480 e. The summed E-state index contributed by atoms with van der Waals surface area (Å²) in [6, 6.07) is -1.96. The van der Waals surface area contributed by atoms with E-state index < -0.39 is 24.0 Å². The molecule has 0 radical (unpaired) electrons. The Morgan fingerprint density at radius 1 is 0.657 bits per heavy atom. The molecule has 2 atom stereocenters. The van der Waals surface area contributed by atoms with Crippen LogP contribution < -0.4 is 11.1 Å². The summed E-state index contributed by atoms with van der Waals surface area (Å²) < 4.78 is 0. The van der Waals surface area contributed by atoms with Crippen LogP contribution in [0.4, 0.5) is 0 Å². The van der Waals surface area contributed by atoms with Gasteiger partial charge in [0.15, 0.2) is 0 Å².